The highest BCUT2D eigenvalue weighted by Gasteiger charge is 2.15. The number of ether oxygens (including phenoxy) is 2. The van der Waals surface area contributed by atoms with Crippen molar-refractivity contribution in [2.75, 3.05) is 52.3 Å². The lowest BCUT2D eigenvalue weighted by Crippen LogP contribution is -2.37. The SMILES string of the molecule is COCCN(CCCCc1ccc2c(n1)NCCC2)CC[C@H](N)C(=O)OC.Cl.Cl.Cl. The number of esters is 1. The van der Waals surface area contributed by atoms with E-state index >= 15 is 0 Å². The van der Waals surface area contributed by atoms with E-state index in [2.05, 4.69) is 22.3 Å². The van der Waals surface area contributed by atoms with Gasteiger partial charge in [0.2, 0.25) is 0 Å². The Labute approximate surface area is 199 Å². The largest absolute Gasteiger partial charge is 0.468 e. The number of hydrogen-bond acceptors (Lipinski definition) is 7. The van der Waals surface area contributed by atoms with Gasteiger partial charge >= 0.3 is 5.97 Å². The Bertz CT molecular complexity index is 596. The lowest BCUT2D eigenvalue weighted by molar-refractivity contribution is -0.142. The fourth-order valence-electron chi connectivity index (χ4n) is 3.30. The average molecular weight is 488 g/mol. The van der Waals surface area contributed by atoms with Gasteiger partial charge in [0.25, 0.3) is 0 Å². The van der Waals surface area contributed by atoms with Gasteiger partial charge in [-0.25, -0.2) is 4.98 Å². The molecule has 10 heteroatoms. The first-order chi connectivity index (χ1) is 13.1. The van der Waals surface area contributed by atoms with E-state index in [1.807, 2.05) is 0 Å². The fourth-order valence-corrected chi connectivity index (χ4v) is 3.30. The van der Waals surface area contributed by atoms with E-state index < -0.39 is 6.04 Å². The van der Waals surface area contributed by atoms with Crippen LogP contribution in [0.2, 0.25) is 0 Å². The Morgan fingerprint density at radius 2 is 1.97 bits per heavy atom. The maximum absolute atomic E-state index is 11.5. The quantitative estimate of drug-likeness (QED) is 0.346. The highest BCUT2D eigenvalue weighted by Crippen LogP contribution is 2.20. The van der Waals surface area contributed by atoms with Crippen LogP contribution in [-0.2, 0) is 27.1 Å². The van der Waals surface area contributed by atoms with Gasteiger partial charge in [0, 0.05) is 32.4 Å². The summed E-state index contributed by atoms with van der Waals surface area (Å²) in [5.74, 6) is 0.714. The number of pyridine rings is 1. The summed E-state index contributed by atoms with van der Waals surface area (Å²) >= 11 is 0. The van der Waals surface area contributed by atoms with Crippen LogP contribution in [-0.4, -0.2) is 68.9 Å². The van der Waals surface area contributed by atoms with Crippen molar-refractivity contribution in [3.63, 3.8) is 0 Å². The van der Waals surface area contributed by atoms with Crippen molar-refractivity contribution in [1.82, 2.24) is 9.88 Å². The van der Waals surface area contributed by atoms with Gasteiger partial charge in [-0.05, 0) is 56.7 Å². The van der Waals surface area contributed by atoms with Crippen LogP contribution < -0.4 is 11.1 Å². The smallest absolute Gasteiger partial charge is 0.322 e. The summed E-state index contributed by atoms with van der Waals surface area (Å²) in [7, 11) is 3.07. The van der Waals surface area contributed by atoms with Crippen LogP contribution in [0.5, 0.6) is 0 Å². The summed E-state index contributed by atoms with van der Waals surface area (Å²) in [5.41, 5.74) is 8.33. The van der Waals surface area contributed by atoms with Crippen LogP contribution in [0.4, 0.5) is 5.82 Å². The molecule has 0 saturated heterocycles. The second kappa shape index (κ2) is 17.8. The first kappa shape index (κ1) is 31.4. The van der Waals surface area contributed by atoms with Crippen molar-refractivity contribution < 1.29 is 14.3 Å². The molecule has 0 unspecified atom stereocenters. The number of hydrogen-bond donors (Lipinski definition) is 2. The van der Waals surface area contributed by atoms with E-state index in [0.717, 1.165) is 63.4 Å². The monoisotopic (exact) mass is 486 g/mol. The number of aromatic nitrogens is 1. The molecule has 1 aliphatic heterocycles. The lowest BCUT2D eigenvalue weighted by atomic mass is 10.1. The van der Waals surface area contributed by atoms with Gasteiger partial charge in [-0.1, -0.05) is 6.07 Å². The molecule has 0 aliphatic carbocycles. The predicted octanol–water partition coefficient (Wildman–Crippen LogP) is 2.87. The van der Waals surface area contributed by atoms with Crippen molar-refractivity contribution in [2.45, 2.75) is 44.6 Å². The number of rotatable bonds is 12. The topological polar surface area (TPSA) is 89.7 Å². The number of methoxy groups -OCH3 is 2. The van der Waals surface area contributed by atoms with Crippen LogP contribution in [0.15, 0.2) is 12.1 Å². The normalized spacial score (nSPS) is 13.1. The number of nitrogens with one attached hydrogen (secondary N) is 1. The third-order valence-electron chi connectivity index (χ3n) is 4.98. The van der Waals surface area contributed by atoms with Gasteiger partial charge in [-0.3, -0.25) is 4.79 Å². The number of fused-ring (bicyclic) bond motifs is 1. The molecule has 0 aromatic carbocycles. The second-order valence-corrected chi connectivity index (χ2v) is 7.05. The minimum atomic E-state index is -0.563. The molecule has 7 nitrogen and oxygen atoms in total. The van der Waals surface area contributed by atoms with E-state index in [0.29, 0.717) is 13.0 Å². The first-order valence-electron chi connectivity index (χ1n) is 9.91. The highest BCUT2D eigenvalue weighted by molar-refractivity contribution is 5.86. The number of anilines is 1. The van der Waals surface area contributed by atoms with Gasteiger partial charge < -0.3 is 25.4 Å². The summed E-state index contributed by atoms with van der Waals surface area (Å²) in [6, 6.07) is 3.81. The molecule has 0 spiro atoms. The zero-order chi connectivity index (χ0) is 19.5. The molecule has 0 bridgehead atoms. The number of carbonyl (C=O) groups is 1. The molecule has 176 valence electrons. The molecule has 0 radical (unpaired) electrons. The molecule has 30 heavy (non-hydrogen) atoms. The summed E-state index contributed by atoms with van der Waals surface area (Å²) < 4.78 is 9.89. The number of carbonyl (C=O) groups excluding carboxylic acids is 1. The molecule has 2 rings (SSSR count). The number of aryl methyl sites for hydroxylation is 2. The average Bonchev–Trinajstić information content (AvgIpc) is 2.71. The Morgan fingerprint density at radius 3 is 2.67 bits per heavy atom. The standard InChI is InChI=1S/C20H34N4O3.3ClH/c1-26-15-14-24(13-10-18(21)20(25)27-2)12-4-3-7-17-9-8-16-6-5-11-22-19(16)23-17;;;/h8-9,18H,3-7,10-15,21H2,1-2H3,(H,22,23);3*1H/t18-;;;/m0.../s1. The molecule has 1 aliphatic rings. The predicted molar refractivity (Wildman–Crippen MR) is 129 cm³/mol. The minimum Gasteiger partial charge on any atom is -0.468 e. The van der Waals surface area contributed by atoms with E-state index in [1.54, 1.807) is 7.11 Å². The number of halogens is 3. The van der Waals surface area contributed by atoms with Crippen LogP contribution >= 0.6 is 37.2 Å². The number of unbranched alkanes of at least 4 members (excludes halogenated alkanes) is 1. The molecule has 2 heterocycles. The van der Waals surface area contributed by atoms with Gasteiger partial charge in [0.1, 0.15) is 11.9 Å². The Hall–Kier alpha value is -0.830. The minimum absolute atomic E-state index is 0. The van der Waals surface area contributed by atoms with Crippen molar-refractivity contribution in [3.05, 3.63) is 23.4 Å². The molecular weight excluding hydrogens is 451 g/mol. The van der Waals surface area contributed by atoms with Crippen molar-refractivity contribution in [1.29, 1.82) is 0 Å². The molecule has 3 N–H and O–H groups in total. The molecule has 1 aromatic rings. The van der Waals surface area contributed by atoms with Crippen LogP contribution in [0.25, 0.3) is 0 Å². The molecule has 0 amide bonds. The zero-order valence-electron chi connectivity index (χ0n) is 17.9. The highest BCUT2D eigenvalue weighted by atomic mass is 35.5. The summed E-state index contributed by atoms with van der Waals surface area (Å²) in [6.07, 6.45) is 6.04. The third-order valence-corrected chi connectivity index (χ3v) is 4.98. The van der Waals surface area contributed by atoms with E-state index in [4.69, 9.17) is 20.2 Å². The van der Waals surface area contributed by atoms with Crippen molar-refractivity contribution in [2.24, 2.45) is 5.73 Å². The van der Waals surface area contributed by atoms with Crippen LogP contribution in [0.3, 0.4) is 0 Å². The summed E-state index contributed by atoms with van der Waals surface area (Å²) in [6.45, 7) is 4.25. The maximum Gasteiger partial charge on any atom is 0.322 e. The van der Waals surface area contributed by atoms with Crippen molar-refractivity contribution in [3.8, 4) is 0 Å². The second-order valence-electron chi connectivity index (χ2n) is 7.05. The number of nitrogens with zero attached hydrogens (tertiary/aromatic N) is 2. The molecule has 0 fully saturated rings. The molecular formula is C20H37Cl3N4O3. The van der Waals surface area contributed by atoms with Gasteiger partial charge in [-0.2, -0.15) is 0 Å². The van der Waals surface area contributed by atoms with Gasteiger partial charge in [0.15, 0.2) is 0 Å². The molecule has 0 saturated carbocycles. The summed E-state index contributed by atoms with van der Waals surface area (Å²) in [4.78, 5) is 18.5. The van der Waals surface area contributed by atoms with E-state index in [1.165, 1.54) is 19.1 Å². The van der Waals surface area contributed by atoms with Gasteiger partial charge in [-0.15, -0.1) is 37.2 Å². The van der Waals surface area contributed by atoms with Crippen LogP contribution in [0, 0.1) is 0 Å². The Balaban J connectivity index is 0. The fraction of sp³-hybridized carbons (Fsp3) is 0.700. The van der Waals surface area contributed by atoms with Crippen molar-refractivity contribution >= 4 is 49.0 Å². The Kier molecular flexibility index (Phi) is 18.6. The zero-order valence-corrected chi connectivity index (χ0v) is 20.4. The van der Waals surface area contributed by atoms with E-state index in [9.17, 15) is 4.79 Å². The third kappa shape index (κ3) is 11.0. The lowest BCUT2D eigenvalue weighted by Gasteiger charge is -2.23. The first-order valence-corrected chi connectivity index (χ1v) is 9.91. The van der Waals surface area contributed by atoms with E-state index in [-0.39, 0.29) is 43.2 Å². The maximum atomic E-state index is 11.5. The molecule has 1 aromatic heterocycles. The molecule has 1 atom stereocenters. The van der Waals surface area contributed by atoms with Gasteiger partial charge in [0.05, 0.1) is 13.7 Å². The summed E-state index contributed by atoms with van der Waals surface area (Å²) in [5, 5.41) is 3.39. The Morgan fingerprint density at radius 1 is 1.20 bits per heavy atom. The number of nitrogens with two attached hydrogens (primary N) is 1. The van der Waals surface area contributed by atoms with Crippen LogP contribution in [0.1, 0.15) is 36.9 Å².